The first-order valence-corrected chi connectivity index (χ1v) is 11.3. The van der Waals surface area contributed by atoms with Crippen molar-refractivity contribution in [3.63, 3.8) is 0 Å². The predicted molar refractivity (Wildman–Crippen MR) is 127 cm³/mol. The molecular formula is C21H31N7O2S. The van der Waals surface area contributed by atoms with Crippen molar-refractivity contribution in [1.29, 1.82) is 0 Å². The smallest absolute Gasteiger partial charge is 0.274 e. The summed E-state index contributed by atoms with van der Waals surface area (Å²) < 4.78 is 0. The van der Waals surface area contributed by atoms with Gasteiger partial charge < -0.3 is 21.3 Å². The quantitative estimate of drug-likeness (QED) is 0.414. The molecule has 31 heavy (non-hydrogen) atoms. The molecule has 0 bridgehead atoms. The zero-order chi connectivity index (χ0) is 22.4. The third kappa shape index (κ3) is 6.46. The van der Waals surface area contributed by atoms with Gasteiger partial charge in [0.15, 0.2) is 5.82 Å². The summed E-state index contributed by atoms with van der Waals surface area (Å²) in [6, 6.07) is 7.86. The van der Waals surface area contributed by atoms with Crippen molar-refractivity contribution in [3.8, 4) is 0 Å². The number of nitrogens with two attached hydrogens (primary N) is 1. The predicted octanol–water partition coefficient (Wildman–Crippen LogP) is 2.78. The number of nitro groups is 1. The fourth-order valence-electron chi connectivity index (χ4n) is 3.55. The van der Waals surface area contributed by atoms with Gasteiger partial charge in [-0.1, -0.05) is 18.6 Å². The molecule has 1 atom stereocenters. The van der Waals surface area contributed by atoms with Crippen molar-refractivity contribution in [3.05, 3.63) is 62.6 Å². The Morgan fingerprint density at radius 2 is 2.13 bits per heavy atom. The van der Waals surface area contributed by atoms with Crippen molar-refractivity contribution in [2.45, 2.75) is 31.7 Å². The van der Waals surface area contributed by atoms with Crippen molar-refractivity contribution in [2.75, 3.05) is 39.5 Å². The van der Waals surface area contributed by atoms with Crippen LogP contribution in [0, 0.1) is 10.1 Å². The standard InChI is InChI=1S/C21H31N7O2S/c1-26(2)13-12-23-19(14-28(29)30)24-16-10-8-15(9-11-16)20-25-27(3)21(31-20)17-6-4-5-7-18(17)22/h8-11,14,18,23-24H,4-7,12-13,22H2,1-3H3. The van der Waals surface area contributed by atoms with E-state index in [1.807, 2.05) is 55.3 Å². The highest BCUT2D eigenvalue weighted by atomic mass is 32.2. The first-order chi connectivity index (χ1) is 14.8. The molecule has 0 saturated heterocycles. The van der Waals surface area contributed by atoms with Crippen LogP contribution < -0.4 is 16.4 Å². The summed E-state index contributed by atoms with van der Waals surface area (Å²) in [7, 11) is 5.87. The molecule has 10 heteroatoms. The Balaban J connectivity index is 1.67. The third-order valence-electron chi connectivity index (χ3n) is 5.18. The zero-order valence-corrected chi connectivity index (χ0v) is 19.1. The number of nitrogens with one attached hydrogen (secondary N) is 2. The molecule has 9 nitrogen and oxygen atoms in total. The van der Waals surface area contributed by atoms with E-state index in [1.54, 1.807) is 11.8 Å². The minimum absolute atomic E-state index is 0.117. The Kier molecular flexibility index (Phi) is 7.94. The van der Waals surface area contributed by atoms with Gasteiger partial charge in [-0.25, -0.2) is 0 Å². The average Bonchev–Trinajstić information content (AvgIpc) is 3.09. The van der Waals surface area contributed by atoms with Gasteiger partial charge in [0, 0.05) is 37.4 Å². The first-order valence-electron chi connectivity index (χ1n) is 10.4. The van der Waals surface area contributed by atoms with Crippen LogP contribution in [0.3, 0.4) is 0 Å². The van der Waals surface area contributed by atoms with Gasteiger partial charge in [-0.3, -0.25) is 15.1 Å². The van der Waals surface area contributed by atoms with Crippen LogP contribution in [0.15, 0.2) is 52.0 Å². The Morgan fingerprint density at radius 1 is 1.39 bits per heavy atom. The molecule has 4 N–H and O–H groups in total. The molecule has 0 radical (unpaired) electrons. The van der Waals surface area contributed by atoms with E-state index in [9.17, 15) is 10.1 Å². The molecule has 1 fully saturated rings. The van der Waals surface area contributed by atoms with E-state index < -0.39 is 4.92 Å². The summed E-state index contributed by atoms with van der Waals surface area (Å²) in [6.07, 6.45) is 5.38. The Morgan fingerprint density at radius 3 is 2.77 bits per heavy atom. The molecule has 1 aliphatic heterocycles. The second-order valence-electron chi connectivity index (χ2n) is 7.97. The number of rotatable bonds is 8. The van der Waals surface area contributed by atoms with Crippen molar-refractivity contribution in [1.82, 2.24) is 15.2 Å². The third-order valence-corrected chi connectivity index (χ3v) is 6.41. The number of likely N-dealkylation sites (N-methyl/N-ethyl adjacent to an activating group) is 1. The summed E-state index contributed by atoms with van der Waals surface area (Å²) in [4.78, 5) is 12.5. The van der Waals surface area contributed by atoms with Gasteiger partial charge in [0.25, 0.3) is 6.20 Å². The van der Waals surface area contributed by atoms with Gasteiger partial charge >= 0.3 is 0 Å². The molecule has 1 heterocycles. The molecule has 0 amide bonds. The monoisotopic (exact) mass is 445 g/mol. The average molecular weight is 446 g/mol. The molecule has 0 aromatic heterocycles. The molecule has 168 valence electrons. The summed E-state index contributed by atoms with van der Waals surface area (Å²) in [5.74, 6) is 0.352. The number of hydrogen-bond donors (Lipinski definition) is 3. The first kappa shape index (κ1) is 23.1. The number of anilines is 1. The SMILES string of the molecule is CN(C)CCNC(=C[N+](=O)[O-])Nc1ccc(C2=NN(C)C(=C3CCCCC3N)S2)cc1. The highest BCUT2D eigenvalue weighted by Gasteiger charge is 2.27. The lowest BCUT2D eigenvalue weighted by atomic mass is 9.91. The number of benzene rings is 1. The van der Waals surface area contributed by atoms with Crippen LogP contribution in [0.5, 0.6) is 0 Å². The Hall–Kier alpha value is -2.56. The van der Waals surface area contributed by atoms with Crippen molar-refractivity contribution >= 4 is 22.5 Å². The molecule has 3 rings (SSSR count). The van der Waals surface area contributed by atoms with Crippen LogP contribution in [0.1, 0.15) is 31.2 Å². The van der Waals surface area contributed by atoms with Gasteiger partial charge in [-0.05, 0) is 62.8 Å². The summed E-state index contributed by atoms with van der Waals surface area (Å²) in [5.41, 5.74) is 9.40. The Labute approximate surface area is 187 Å². The van der Waals surface area contributed by atoms with E-state index in [0.717, 1.165) is 46.9 Å². The summed E-state index contributed by atoms with van der Waals surface area (Å²) in [6.45, 7) is 1.36. The fourth-order valence-corrected chi connectivity index (χ4v) is 4.71. The van der Waals surface area contributed by atoms with Crippen LogP contribution in [0.25, 0.3) is 0 Å². The van der Waals surface area contributed by atoms with Gasteiger partial charge in [-0.15, -0.1) is 0 Å². The number of hydrogen-bond acceptors (Lipinski definition) is 9. The summed E-state index contributed by atoms with van der Waals surface area (Å²) in [5, 5.41) is 25.8. The molecular weight excluding hydrogens is 414 g/mol. The lowest BCUT2D eigenvalue weighted by Gasteiger charge is -2.25. The van der Waals surface area contributed by atoms with Crippen LogP contribution in [0.2, 0.25) is 0 Å². The molecule has 1 saturated carbocycles. The van der Waals surface area contributed by atoms with Crippen LogP contribution in [0.4, 0.5) is 5.69 Å². The van der Waals surface area contributed by atoms with E-state index in [-0.39, 0.29) is 6.04 Å². The molecule has 1 aromatic carbocycles. The Bertz CT molecular complexity index is 880. The minimum Gasteiger partial charge on any atom is -0.365 e. The van der Waals surface area contributed by atoms with Crippen LogP contribution >= 0.6 is 11.8 Å². The maximum Gasteiger partial charge on any atom is 0.274 e. The highest BCUT2D eigenvalue weighted by Crippen LogP contribution is 2.38. The van der Waals surface area contributed by atoms with Crippen molar-refractivity contribution in [2.24, 2.45) is 10.8 Å². The number of thioether (sulfide) groups is 1. The molecule has 1 aromatic rings. The maximum absolute atomic E-state index is 10.9. The second-order valence-corrected chi connectivity index (χ2v) is 8.95. The largest absolute Gasteiger partial charge is 0.365 e. The number of hydrazone groups is 1. The van der Waals surface area contributed by atoms with Crippen LogP contribution in [-0.2, 0) is 0 Å². The summed E-state index contributed by atoms with van der Waals surface area (Å²) >= 11 is 1.66. The highest BCUT2D eigenvalue weighted by molar-refractivity contribution is 8.17. The maximum atomic E-state index is 10.9. The second kappa shape index (κ2) is 10.7. The van der Waals surface area contributed by atoms with Gasteiger partial charge in [-0.2, -0.15) is 5.10 Å². The van der Waals surface area contributed by atoms with E-state index in [2.05, 4.69) is 10.6 Å². The van der Waals surface area contributed by atoms with E-state index in [1.165, 1.54) is 18.4 Å². The van der Waals surface area contributed by atoms with Crippen molar-refractivity contribution < 1.29 is 4.92 Å². The molecule has 0 spiro atoms. The lowest BCUT2D eigenvalue weighted by molar-refractivity contribution is -0.403. The zero-order valence-electron chi connectivity index (χ0n) is 18.3. The number of nitrogens with zero attached hydrogens (tertiary/aromatic N) is 4. The molecule has 2 aliphatic rings. The lowest BCUT2D eigenvalue weighted by Crippen LogP contribution is -2.29. The van der Waals surface area contributed by atoms with E-state index in [0.29, 0.717) is 12.4 Å². The fraction of sp³-hybridized carbons (Fsp3) is 0.476. The van der Waals surface area contributed by atoms with Crippen LogP contribution in [-0.4, -0.2) is 60.2 Å². The normalized spacial score (nSPS) is 22.0. The van der Waals surface area contributed by atoms with E-state index in [4.69, 9.17) is 10.8 Å². The molecule has 1 aliphatic carbocycles. The molecule has 1 unspecified atom stereocenters. The topological polar surface area (TPSA) is 112 Å². The van der Waals surface area contributed by atoms with E-state index >= 15 is 0 Å². The van der Waals surface area contributed by atoms with Gasteiger partial charge in [0.1, 0.15) is 5.04 Å². The van der Waals surface area contributed by atoms with Gasteiger partial charge in [0.2, 0.25) is 0 Å². The minimum atomic E-state index is -0.468. The van der Waals surface area contributed by atoms with Gasteiger partial charge in [0.05, 0.1) is 9.95 Å².